The molecule has 0 aliphatic rings. The lowest BCUT2D eigenvalue weighted by molar-refractivity contribution is 0.304. The van der Waals surface area contributed by atoms with Gasteiger partial charge in [0, 0.05) is 11.0 Å². The summed E-state index contributed by atoms with van der Waals surface area (Å²) in [5, 5.41) is 7.59. The van der Waals surface area contributed by atoms with E-state index in [1.54, 1.807) is 6.21 Å². The number of thiocarbonyl (C=S) groups is 1. The van der Waals surface area contributed by atoms with Gasteiger partial charge in [-0.1, -0.05) is 28.1 Å². The zero-order valence-electron chi connectivity index (χ0n) is 13.1. The fourth-order valence-electron chi connectivity index (χ4n) is 1.82. The average molecular weight is 518 g/mol. The molecule has 0 unspecified atom stereocenters. The highest BCUT2D eigenvalue weighted by atomic mass is 127. The van der Waals surface area contributed by atoms with E-state index in [-0.39, 0.29) is 0 Å². The van der Waals surface area contributed by atoms with Gasteiger partial charge in [-0.2, -0.15) is 5.10 Å². The van der Waals surface area contributed by atoms with Gasteiger partial charge in [-0.3, -0.25) is 5.43 Å². The maximum Gasteiger partial charge on any atom is 0.186 e. The predicted octanol–water partition coefficient (Wildman–Crippen LogP) is 4.45. The molecule has 7 heteroatoms. The van der Waals surface area contributed by atoms with E-state index in [1.807, 2.05) is 49.4 Å². The predicted molar refractivity (Wildman–Crippen MR) is 115 cm³/mol. The van der Waals surface area contributed by atoms with Gasteiger partial charge in [-0.05, 0) is 83.2 Å². The second kappa shape index (κ2) is 9.95. The van der Waals surface area contributed by atoms with Crippen LogP contribution in [0.15, 0.2) is 52.0 Å². The fourth-order valence-corrected chi connectivity index (χ4v) is 2.98. The van der Waals surface area contributed by atoms with E-state index in [9.17, 15) is 0 Å². The minimum absolute atomic E-state index is 0.512. The summed E-state index contributed by atoms with van der Waals surface area (Å²) < 4.78 is 7.97. The lowest BCUT2D eigenvalue weighted by Crippen LogP contribution is -2.31. The maximum absolute atomic E-state index is 5.88. The van der Waals surface area contributed by atoms with Crippen molar-refractivity contribution >= 4 is 62.1 Å². The summed E-state index contributed by atoms with van der Waals surface area (Å²) >= 11 is 10.7. The molecule has 126 valence electrons. The van der Waals surface area contributed by atoms with E-state index in [0.717, 1.165) is 31.5 Å². The molecule has 0 heterocycles. The smallest absolute Gasteiger partial charge is 0.186 e. The Morgan fingerprint density at radius 1 is 1.29 bits per heavy atom. The van der Waals surface area contributed by atoms with Crippen molar-refractivity contribution in [1.82, 2.24) is 10.7 Å². The van der Waals surface area contributed by atoms with E-state index < -0.39 is 0 Å². The van der Waals surface area contributed by atoms with E-state index in [4.69, 9.17) is 17.0 Å². The maximum atomic E-state index is 5.88. The van der Waals surface area contributed by atoms with Gasteiger partial charge in [0.2, 0.25) is 0 Å². The van der Waals surface area contributed by atoms with Crippen LogP contribution < -0.4 is 15.5 Å². The van der Waals surface area contributed by atoms with Crippen LogP contribution in [0.25, 0.3) is 0 Å². The first-order valence-corrected chi connectivity index (χ1v) is 9.60. The van der Waals surface area contributed by atoms with E-state index in [1.165, 1.54) is 0 Å². The topological polar surface area (TPSA) is 45.7 Å². The fraction of sp³-hybridized carbons (Fsp3) is 0.176. The van der Waals surface area contributed by atoms with Crippen LogP contribution in [0, 0.1) is 3.57 Å². The van der Waals surface area contributed by atoms with Gasteiger partial charge in [0.05, 0.1) is 9.78 Å². The number of hydrogen-bond donors (Lipinski definition) is 2. The van der Waals surface area contributed by atoms with Gasteiger partial charge in [0.1, 0.15) is 12.4 Å². The molecule has 24 heavy (non-hydrogen) atoms. The zero-order valence-corrected chi connectivity index (χ0v) is 17.6. The summed E-state index contributed by atoms with van der Waals surface area (Å²) in [5.41, 5.74) is 4.87. The number of nitrogens with zero attached hydrogens (tertiary/aromatic N) is 1. The number of benzene rings is 2. The molecule has 4 nitrogen and oxygen atoms in total. The Balaban J connectivity index is 1.92. The number of halogens is 2. The van der Waals surface area contributed by atoms with Gasteiger partial charge in [0.15, 0.2) is 5.11 Å². The van der Waals surface area contributed by atoms with Crippen LogP contribution in [0.2, 0.25) is 0 Å². The third-order valence-electron chi connectivity index (χ3n) is 2.98. The molecule has 2 aromatic carbocycles. The Hall–Kier alpha value is -1.19. The first-order chi connectivity index (χ1) is 11.6. The second-order valence-corrected chi connectivity index (χ2v) is 7.32. The highest BCUT2D eigenvalue weighted by Gasteiger charge is 2.03. The van der Waals surface area contributed by atoms with Crippen molar-refractivity contribution in [3.8, 4) is 5.75 Å². The Bertz CT molecular complexity index is 722. The van der Waals surface area contributed by atoms with Crippen LogP contribution >= 0.6 is 50.7 Å². The summed E-state index contributed by atoms with van der Waals surface area (Å²) in [6.07, 6.45) is 1.73. The molecule has 0 bridgehead atoms. The second-order valence-electron chi connectivity index (χ2n) is 4.83. The van der Waals surface area contributed by atoms with Crippen LogP contribution in [0.3, 0.4) is 0 Å². The summed E-state index contributed by atoms with van der Waals surface area (Å²) in [4.78, 5) is 0. The summed E-state index contributed by atoms with van der Waals surface area (Å²) in [7, 11) is 0. The number of ether oxygens (including phenoxy) is 1. The lowest BCUT2D eigenvalue weighted by Gasteiger charge is -2.09. The molecule has 0 saturated carbocycles. The number of hydrazone groups is 1. The van der Waals surface area contributed by atoms with Crippen molar-refractivity contribution in [1.29, 1.82) is 0 Å². The van der Waals surface area contributed by atoms with Gasteiger partial charge in [-0.15, -0.1) is 0 Å². The lowest BCUT2D eigenvalue weighted by atomic mass is 10.2. The van der Waals surface area contributed by atoms with E-state index >= 15 is 0 Å². The summed E-state index contributed by atoms with van der Waals surface area (Å²) in [6.45, 7) is 3.28. The number of nitrogens with one attached hydrogen (secondary N) is 2. The van der Waals surface area contributed by atoms with Gasteiger partial charge in [0.25, 0.3) is 0 Å². The van der Waals surface area contributed by atoms with Crippen molar-refractivity contribution < 1.29 is 4.74 Å². The third-order valence-corrected chi connectivity index (χ3v) is 4.59. The molecule has 2 rings (SSSR count). The van der Waals surface area contributed by atoms with Crippen molar-refractivity contribution in [2.45, 2.75) is 13.5 Å². The Morgan fingerprint density at radius 2 is 2.04 bits per heavy atom. The van der Waals surface area contributed by atoms with Crippen LogP contribution in [-0.2, 0) is 6.61 Å². The quantitative estimate of drug-likeness (QED) is 0.257. The van der Waals surface area contributed by atoms with Gasteiger partial charge in [-0.25, -0.2) is 0 Å². The van der Waals surface area contributed by atoms with E-state index in [0.29, 0.717) is 11.7 Å². The monoisotopic (exact) mass is 517 g/mol. The van der Waals surface area contributed by atoms with Gasteiger partial charge >= 0.3 is 0 Å². The molecule has 2 aromatic rings. The zero-order chi connectivity index (χ0) is 17.4. The molecule has 0 atom stereocenters. The number of rotatable bonds is 6. The minimum atomic E-state index is 0.512. The van der Waals surface area contributed by atoms with Crippen LogP contribution in [0.5, 0.6) is 5.75 Å². The molecule has 2 N–H and O–H groups in total. The highest BCUT2D eigenvalue weighted by Crippen LogP contribution is 2.23. The first-order valence-electron chi connectivity index (χ1n) is 7.32. The molecular weight excluding hydrogens is 501 g/mol. The average Bonchev–Trinajstić information content (AvgIpc) is 2.56. The molecule has 0 fully saturated rings. The molecule has 0 spiro atoms. The van der Waals surface area contributed by atoms with E-state index in [2.05, 4.69) is 54.4 Å². The highest BCUT2D eigenvalue weighted by molar-refractivity contribution is 14.1. The summed E-state index contributed by atoms with van der Waals surface area (Å²) in [6, 6.07) is 14.0. The molecule has 0 saturated heterocycles. The van der Waals surface area contributed by atoms with Crippen molar-refractivity contribution in [3.05, 3.63) is 61.6 Å². The van der Waals surface area contributed by atoms with Crippen LogP contribution in [-0.4, -0.2) is 17.9 Å². The minimum Gasteiger partial charge on any atom is -0.488 e. The molecule has 0 radical (unpaired) electrons. The first kappa shape index (κ1) is 19.1. The SMILES string of the molecule is CCNC(=S)N/N=C\c1ccc(OCc2ccc(Br)cc2)c(I)c1. The molecule has 0 amide bonds. The Kier molecular flexibility index (Phi) is 7.93. The third kappa shape index (κ3) is 6.37. The van der Waals surface area contributed by atoms with Crippen LogP contribution in [0.1, 0.15) is 18.1 Å². The molecular formula is C17H17BrIN3OS. The molecule has 0 aliphatic heterocycles. The largest absolute Gasteiger partial charge is 0.488 e. The van der Waals surface area contributed by atoms with Crippen molar-refractivity contribution in [2.75, 3.05) is 6.54 Å². The van der Waals surface area contributed by atoms with Crippen molar-refractivity contribution in [2.24, 2.45) is 5.10 Å². The Morgan fingerprint density at radius 3 is 2.71 bits per heavy atom. The molecule has 0 aromatic heterocycles. The summed E-state index contributed by atoms with van der Waals surface area (Å²) in [5.74, 6) is 0.854. The molecule has 0 aliphatic carbocycles. The van der Waals surface area contributed by atoms with Gasteiger partial charge < -0.3 is 10.1 Å². The normalized spacial score (nSPS) is 10.6. The van der Waals surface area contributed by atoms with Crippen molar-refractivity contribution in [3.63, 3.8) is 0 Å². The van der Waals surface area contributed by atoms with Crippen LogP contribution in [0.4, 0.5) is 0 Å². The number of hydrogen-bond acceptors (Lipinski definition) is 3. The Labute approximate surface area is 169 Å². The standard InChI is InChI=1S/C17H17BrIN3OS/c1-2-20-17(24)22-21-10-13-5-8-16(15(19)9-13)23-11-12-3-6-14(18)7-4-12/h3-10H,2,11H2,1H3,(H2,20,22,24)/b21-10-.